The van der Waals surface area contributed by atoms with Crippen LogP contribution in [0.4, 0.5) is 22.0 Å². The van der Waals surface area contributed by atoms with Crippen LogP contribution in [0.1, 0.15) is 41.7 Å². The highest BCUT2D eigenvalue weighted by Gasteiger charge is 2.39. The summed E-state index contributed by atoms with van der Waals surface area (Å²) in [6.07, 6.45) is -4.89. The Bertz CT molecular complexity index is 1050. The molecule has 3 rings (SSSR count). The van der Waals surface area contributed by atoms with Gasteiger partial charge in [-0.25, -0.2) is 13.5 Å². The van der Waals surface area contributed by atoms with Crippen LogP contribution in [-0.2, 0) is 15.8 Å². The summed E-state index contributed by atoms with van der Waals surface area (Å²) in [6, 6.07) is 8.04. The topological polar surface area (TPSA) is 105 Å². The molecule has 0 bridgehead atoms. The van der Waals surface area contributed by atoms with Crippen LogP contribution >= 0.6 is 0 Å². The first-order valence-electron chi connectivity index (χ1n) is 11.4. The smallest absolute Gasteiger partial charge is 0.354 e. The largest absolute Gasteiger partial charge is 0.435 e. The van der Waals surface area contributed by atoms with Crippen molar-refractivity contribution >= 4 is 17.7 Å². The van der Waals surface area contributed by atoms with E-state index in [2.05, 4.69) is 21.0 Å². The minimum atomic E-state index is -4.84. The molecule has 0 saturated heterocycles. The molecule has 0 atom stereocenters. The number of alkyl halides is 5. The van der Waals surface area contributed by atoms with Crippen LogP contribution in [0.15, 0.2) is 36.5 Å². The number of hydrogen-bond donors (Lipinski definition) is 3. The lowest BCUT2D eigenvalue weighted by molar-refractivity contribution is -0.141. The van der Waals surface area contributed by atoms with E-state index in [9.17, 15) is 36.3 Å². The van der Waals surface area contributed by atoms with Crippen molar-refractivity contribution in [1.29, 1.82) is 0 Å². The van der Waals surface area contributed by atoms with Gasteiger partial charge in [0.05, 0.1) is 17.8 Å². The number of carbonyl (C=O) groups is 3. The molecule has 1 aromatic carbocycles. The molecule has 196 valence electrons. The molecule has 0 radical (unpaired) electrons. The molecule has 36 heavy (non-hydrogen) atoms. The average Bonchev–Trinajstić information content (AvgIpc) is 3.32. The fraction of sp³-hybridized carbons (Fsp3) is 0.478. The summed E-state index contributed by atoms with van der Waals surface area (Å²) < 4.78 is 65.7. The zero-order chi connectivity index (χ0) is 26.3. The minimum absolute atomic E-state index is 0.00640. The van der Waals surface area contributed by atoms with Gasteiger partial charge in [0.1, 0.15) is 0 Å². The standard InChI is InChI=1S/C23H26F5N5O3/c24-18(25)12-31-21(35)15-8-6-14(7-9-15)20(34)29-10-11-30-22(36)17-13-33(16-4-2-1-3-5-16)32-19(17)23(26,27)28/h1-5,13-15,18H,6-12H2,(H,29,34)(H,30,36)(H,31,35). The normalized spacial score (nSPS) is 18.1. The van der Waals surface area contributed by atoms with Crippen molar-refractivity contribution in [2.75, 3.05) is 19.6 Å². The summed E-state index contributed by atoms with van der Waals surface area (Å²) in [6.45, 7) is -0.820. The number of carbonyl (C=O) groups excluding carboxylic acids is 3. The van der Waals surface area contributed by atoms with E-state index < -0.39 is 48.1 Å². The average molecular weight is 515 g/mol. The Morgan fingerprint density at radius 2 is 1.47 bits per heavy atom. The van der Waals surface area contributed by atoms with E-state index in [1.165, 1.54) is 0 Å². The van der Waals surface area contributed by atoms with Crippen molar-refractivity contribution in [3.8, 4) is 5.69 Å². The molecular weight excluding hydrogens is 489 g/mol. The second-order valence-electron chi connectivity index (χ2n) is 8.40. The number of benzene rings is 1. The van der Waals surface area contributed by atoms with Crippen LogP contribution in [0.3, 0.4) is 0 Å². The molecule has 0 unspecified atom stereocenters. The Morgan fingerprint density at radius 1 is 0.917 bits per heavy atom. The van der Waals surface area contributed by atoms with E-state index in [0.29, 0.717) is 31.4 Å². The van der Waals surface area contributed by atoms with E-state index in [-0.39, 0.29) is 24.9 Å². The molecule has 13 heteroatoms. The van der Waals surface area contributed by atoms with Crippen LogP contribution in [0.25, 0.3) is 5.69 Å². The predicted molar refractivity (Wildman–Crippen MR) is 118 cm³/mol. The molecule has 1 aromatic heterocycles. The van der Waals surface area contributed by atoms with Crippen LogP contribution in [0.2, 0.25) is 0 Å². The Labute approximate surface area is 203 Å². The number of hydrogen-bond acceptors (Lipinski definition) is 4. The summed E-state index contributed by atoms with van der Waals surface area (Å²) in [7, 11) is 0. The lowest BCUT2D eigenvalue weighted by Crippen LogP contribution is -2.40. The van der Waals surface area contributed by atoms with E-state index in [0.717, 1.165) is 10.9 Å². The molecule has 0 spiro atoms. The summed E-state index contributed by atoms with van der Waals surface area (Å²) in [5.41, 5.74) is -1.60. The van der Waals surface area contributed by atoms with E-state index in [1.807, 2.05) is 0 Å². The van der Waals surface area contributed by atoms with Gasteiger partial charge in [-0.3, -0.25) is 14.4 Å². The Balaban J connectivity index is 1.47. The first kappa shape index (κ1) is 27.1. The molecule has 1 fully saturated rings. The quantitative estimate of drug-likeness (QED) is 0.353. The third kappa shape index (κ3) is 7.25. The Hall–Kier alpha value is -3.51. The van der Waals surface area contributed by atoms with Gasteiger partial charge < -0.3 is 16.0 Å². The monoisotopic (exact) mass is 515 g/mol. The number of aromatic nitrogens is 2. The van der Waals surface area contributed by atoms with Gasteiger partial charge in [-0.2, -0.15) is 18.3 Å². The summed E-state index contributed by atoms with van der Waals surface area (Å²) in [5, 5.41) is 10.7. The summed E-state index contributed by atoms with van der Waals surface area (Å²) in [5.74, 6) is -2.53. The highest BCUT2D eigenvalue weighted by molar-refractivity contribution is 5.95. The molecule has 1 aliphatic carbocycles. The van der Waals surface area contributed by atoms with Crippen molar-refractivity contribution in [3.05, 3.63) is 47.8 Å². The maximum Gasteiger partial charge on any atom is 0.435 e. The van der Waals surface area contributed by atoms with Crippen LogP contribution in [0, 0.1) is 11.8 Å². The van der Waals surface area contributed by atoms with Crippen LogP contribution < -0.4 is 16.0 Å². The number of nitrogens with one attached hydrogen (secondary N) is 3. The molecule has 3 amide bonds. The van der Waals surface area contributed by atoms with Crippen molar-refractivity contribution in [2.24, 2.45) is 11.8 Å². The van der Waals surface area contributed by atoms with Crippen molar-refractivity contribution in [3.63, 3.8) is 0 Å². The molecular formula is C23H26F5N5O3. The van der Waals surface area contributed by atoms with Gasteiger partial charge >= 0.3 is 6.18 Å². The molecule has 2 aromatic rings. The fourth-order valence-electron chi connectivity index (χ4n) is 4.00. The molecule has 1 heterocycles. The number of para-hydroxylation sites is 1. The van der Waals surface area contributed by atoms with Crippen molar-refractivity contribution in [2.45, 2.75) is 38.3 Å². The van der Waals surface area contributed by atoms with Gasteiger partial charge in [0.2, 0.25) is 11.8 Å². The lowest BCUT2D eigenvalue weighted by Gasteiger charge is -2.27. The highest BCUT2D eigenvalue weighted by atomic mass is 19.4. The van der Waals surface area contributed by atoms with Gasteiger partial charge in [0.15, 0.2) is 5.69 Å². The predicted octanol–water partition coefficient (Wildman–Crippen LogP) is 2.92. The zero-order valence-corrected chi connectivity index (χ0v) is 19.2. The molecule has 0 aliphatic heterocycles. The van der Waals surface area contributed by atoms with Gasteiger partial charge in [0.25, 0.3) is 12.3 Å². The minimum Gasteiger partial charge on any atom is -0.354 e. The zero-order valence-electron chi connectivity index (χ0n) is 19.2. The first-order valence-corrected chi connectivity index (χ1v) is 11.4. The van der Waals surface area contributed by atoms with Gasteiger partial charge in [0, 0.05) is 31.1 Å². The number of nitrogens with zero attached hydrogens (tertiary/aromatic N) is 2. The lowest BCUT2D eigenvalue weighted by atomic mass is 9.81. The molecule has 1 saturated carbocycles. The SMILES string of the molecule is O=C(NCCNC(=O)C1CCC(C(=O)NCC(F)F)CC1)c1cn(-c2ccccc2)nc1C(F)(F)F. The van der Waals surface area contributed by atoms with E-state index in [1.54, 1.807) is 30.3 Å². The van der Waals surface area contributed by atoms with Crippen molar-refractivity contribution < 1.29 is 36.3 Å². The highest BCUT2D eigenvalue weighted by Crippen LogP contribution is 2.31. The van der Waals surface area contributed by atoms with Crippen LogP contribution in [0.5, 0.6) is 0 Å². The third-order valence-electron chi connectivity index (χ3n) is 5.86. The first-order chi connectivity index (χ1) is 17.1. The number of amides is 3. The second-order valence-corrected chi connectivity index (χ2v) is 8.40. The maximum atomic E-state index is 13.4. The van der Waals surface area contributed by atoms with E-state index in [4.69, 9.17) is 0 Å². The maximum absolute atomic E-state index is 13.4. The summed E-state index contributed by atoms with van der Waals surface area (Å²) in [4.78, 5) is 36.7. The van der Waals surface area contributed by atoms with Crippen LogP contribution in [-0.4, -0.2) is 53.6 Å². The van der Waals surface area contributed by atoms with E-state index >= 15 is 0 Å². The third-order valence-corrected chi connectivity index (χ3v) is 5.86. The number of rotatable bonds is 9. The fourth-order valence-corrected chi connectivity index (χ4v) is 4.00. The van der Waals surface area contributed by atoms with Gasteiger partial charge in [-0.1, -0.05) is 18.2 Å². The molecule has 3 N–H and O–H groups in total. The molecule has 8 nitrogen and oxygen atoms in total. The second kappa shape index (κ2) is 12.0. The summed E-state index contributed by atoms with van der Waals surface area (Å²) >= 11 is 0. The number of halogens is 5. The Kier molecular flexibility index (Phi) is 8.99. The molecule has 1 aliphatic rings. The van der Waals surface area contributed by atoms with Crippen molar-refractivity contribution in [1.82, 2.24) is 25.7 Å². The van der Waals surface area contributed by atoms with Gasteiger partial charge in [-0.05, 0) is 37.8 Å². The van der Waals surface area contributed by atoms with Gasteiger partial charge in [-0.15, -0.1) is 0 Å². The Morgan fingerprint density at radius 3 is 2.03 bits per heavy atom.